The molecule has 0 aliphatic rings. The molecule has 0 aliphatic carbocycles. The van der Waals surface area contributed by atoms with Gasteiger partial charge in [-0.25, -0.2) is 4.39 Å². The summed E-state index contributed by atoms with van der Waals surface area (Å²) in [6.07, 6.45) is 3.28. The lowest BCUT2D eigenvalue weighted by Crippen LogP contribution is -2.11. The SMILES string of the molecule is CC(C(=O)c1cccc(F)c1Br)c1ccncc1. The average Bonchev–Trinajstić information content (AvgIpc) is 2.41. The lowest BCUT2D eigenvalue weighted by Gasteiger charge is -2.12. The van der Waals surface area contributed by atoms with Gasteiger partial charge in [0.05, 0.1) is 4.47 Å². The molecule has 18 heavy (non-hydrogen) atoms. The Hall–Kier alpha value is -1.55. The van der Waals surface area contributed by atoms with Gasteiger partial charge >= 0.3 is 0 Å². The third kappa shape index (κ3) is 2.48. The van der Waals surface area contributed by atoms with Crippen molar-refractivity contribution in [1.29, 1.82) is 0 Å². The maximum Gasteiger partial charge on any atom is 0.171 e. The van der Waals surface area contributed by atoms with Crippen LogP contribution in [0.1, 0.15) is 28.8 Å². The quantitative estimate of drug-likeness (QED) is 0.803. The van der Waals surface area contributed by atoms with Crippen molar-refractivity contribution in [2.75, 3.05) is 0 Å². The first-order valence-corrected chi connectivity index (χ1v) is 6.28. The molecule has 92 valence electrons. The Bertz CT molecular complexity index is 571. The molecule has 1 atom stereocenters. The molecule has 0 saturated heterocycles. The van der Waals surface area contributed by atoms with Gasteiger partial charge < -0.3 is 0 Å². The highest BCUT2D eigenvalue weighted by Crippen LogP contribution is 2.26. The van der Waals surface area contributed by atoms with E-state index in [4.69, 9.17) is 0 Å². The fraction of sp³-hybridized carbons (Fsp3) is 0.143. The zero-order chi connectivity index (χ0) is 13.1. The summed E-state index contributed by atoms with van der Waals surface area (Å²) in [5.74, 6) is -0.874. The first kappa shape index (κ1) is 12.9. The molecule has 1 unspecified atom stereocenters. The van der Waals surface area contributed by atoms with Gasteiger partial charge in [-0.2, -0.15) is 0 Å². The number of ketones is 1. The number of Topliss-reactive ketones (excluding diaryl/α,β-unsaturated/α-hetero) is 1. The van der Waals surface area contributed by atoms with Gasteiger partial charge in [0.15, 0.2) is 5.78 Å². The van der Waals surface area contributed by atoms with Crippen molar-refractivity contribution < 1.29 is 9.18 Å². The minimum absolute atomic E-state index is 0.118. The average molecular weight is 308 g/mol. The first-order valence-electron chi connectivity index (χ1n) is 5.49. The summed E-state index contributed by atoms with van der Waals surface area (Å²) in [6, 6.07) is 8.04. The van der Waals surface area contributed by atoms with Gasteiger partial charge in [0.25, 0.3) is 0 Å². The third-order valence-electron chi connectivity index (χ3n) is 2.82. The highest BCUT2D eigenvalue weighted by Gasteiger charge is 2.20. The maximum absolute atomic E-state index is 13.4. The van der Waals surface area contributed by atoms with Crippen LogP contribution < -0.4 is 0 Å². The number of pyridine rings is 1. The Labute approximate surface area is 113 Å². The van der Waals surface area contributed by atoms with E-state index in [-0.39, 0.29) is 16.2 Å². The second kappa shape index (κ2) is 5.40. The lowest BCUT2D eigenvalue weighted by atomic mass is 9.93. The van der Waals surface area contributed by atoms with Crippen molar-refractivity contribution in [3.05, 3.63) is 64.1 Å². The molecule has 0 amide bonds. The predicted molar refractivity (Wildman–Crippen MR) is 71.1 cm³/mol. The number of aromatic nitrogens is 1. The van der Waals surface area contributed by atoms with Gasteiger partial charge in [-0.15, -0.1) is 0 Å². The Morgan fingerprint density at radius 1 is 1.28 bits per heavy atom. The van der Waals surface area contributed by atoms with E-state index in [0.29, 0.717) is 5.56 Å². The molecule has 1 heterocycles. The summed E-state index contributed by atoms with van der Waals surface area (Å²) in [5.41, 5.74) is 1.23. The second-order valence-corrected chi connectivity index (χ2v) is 4.76. The van der Waals surface area contributed by atoms with Crippen molar-refractivity contribution in [2.45, 2.75) is 12.8 Å². The van der Waals surface area contributed by atoms with Gasteiger partial charge in [-0.3, -0.25) is 9.78 Å². The fourth-order valence-electron chi connectivity index (χ4n) is 1.73. The molecule has 4 heteroatoms. The molecule has 1 aromatic heterocycles. The summed E-state index contributed by atoms with van der Waals surface area (Å²) in [4.78, 5) is 16.2. The van der Waals surface area contributed by atoms with Crippen LogP contribution in [0.5, 0.6) is 0 Å². The molecule has 0 spiro atoms. The lowest BCUT2D eigenvalue weighted by molar-refractivity contribution is 0.0965. The van der Waals surface area contributed by atoms with Crippen molar-refractivity contribution in [2.24, 2.45) is 0 Å². The minimum atomic E-state index is -0.428. The molecular formula is C14H11BrFNO. The van der Waals surface area contributed by atoms with Crippen LogP contribution in [0.2, 0.25) is 0 Å². The number of hydrogen-bond acceptors (Lipinski definition) is 2. The molecule has 2 nitrogen and oxygen atoms in total. The molecule has 0 radical (unpaired) electrons. The van der Waals surface area contributed by atoms with E-state index in [1.165, 1.54) is 12.1 Å². The predicted octanol–water partition coefficient (Wildman–Crippen LogP) is 3.97. The summed E-state index contributed by atoms with van der Waals surface area (Å²) in [6.45, 7) is 1.80. The van der Waals surface area contributed by atoms with E-state index >= 15 is 0 Å². The molecule has 2 aromatic rings. The van der Waals surface area contributed by atoms with Crippen LogP contribution in [0.25, 0.3) is 0 Å². The molecular weight excluding hydrogens is 297 g/mol. The van der Waals surface area contributed by atoms with Crippen molar-refractivity contribution >= 4 is 21.7 Å². The monoisotopic (exact) mass is 307 g/mol. The van der Waals surface area contributed by atoms with E-state index in [2.05, 4.69) is 20.9 Å². The molecule has 1 aromatic carbocycles. The summed E-state index contributed by atoms with van der Waals surface area (Å²) in [7, 11) is 0. The van der Waals surface area contributed by atoms with Crippen molar-refractivity contribution in [3.63, 3.8) is 0 Å². The smallest absolute Gasteiger partial charge is 0.171 e. The summed E-state index contributed by atoms with van der Waals surface area (Å²) in [5, 5.41) is 0. The number of nitrogens with zero attached hydrogens (tertiary/aromatic N) is 1. The van der Waals surface area contributed by atoms with Crippen molar-refractivity contribution in [3.8, 4) is 0 Å². The molecule has 0 saturated carbocycles. The Morgan fingerprint density at radius 3 is 2.61 bits per heavy atom. The van der Waals surface area contributed by atoms with Crippen LogP contribution in [0, 0.1) is 5.82 Å². The van der Waals surface area contributed by atoms with E-state index in [1.807, 2.05) is 0 Å². The summed E-state index contributed by atoms with van der Waals surface area (Å²) >= 11 is 3.11. The largest absolute Gasteiger partial charge is 0.293 e. The number of halogens is 2. The van der Waals surface area contributed by atoms with Crippen molar-refractivity contribution in [1.82, 2.24) is 4.98 Å². The third-order valence-corrected chi connectivity index (χ3v) is 3.62. The van der Waals surface area contributed by atoms with E-state index in [9.17, 15) is 9.18 Å². The second-order valence-electron chi connectivity index (χ2n) is 3.97. The van der Waals surface area contributed by atoms with Crippen LogP contribution in [0.4, 0.5) is 4.39 Å². The highest BCUT2D eigenvalue weighted by molar-refractivity contribution is 9.10. The van der Waals surface area contributed by atoms with E-state index in [1.54, 1.807) is 37.5 Å². The molecule has 0 aliphatic heterocycles. The molecule has 0 bridgehead atoms. The molecule has 2 rings (SSSR count). The standard InChI is InChI=1S/C14H11BrFNO/c1-9(10-5-7-17-8-6-10)14(18)11-3-2-4-12(16)13(11)15/h2-9H,1H3. The van der Waals surface area contributed by atoms with Gasteiger partial charge in [-0.1, -0.05) is 19.1 Å². The van der Waals surface area contributed by atoms with Gasteiger partial charge in [0.1, 0.15) is 5.82 Å². The molecule has 0 fully saturated rings. The summed E-state index contributed by atoms with van der Waals surface area (Å²) < 4.78 is 13.6. The Balaban J connectivity index is 2.35. The van der Waals surface area contributed by atoms with E-state index < -0.39 is 5.82 Å². The Kier molecular flexibility index (Phi) is 3.87. The highest BCUT2D eigenvalue weighted by atomic mass is 79.9. The minimum Gasteiger partial charge on any atom is -0.293 e. The zero-order valence-corrected chi connectivity index (χ0v) is 11.3. The van der Waals surface area contributed by atoms with E-state index in [0.717, 1.165) is 5.56 Å². The number of carbonyl (C=O) groups is 1. The topological polar surface area (TPSA) is 30.0 Å². The van der Waals surface area contributed by atoms with Crippen LogP contribution in [0.3, 0.4) is 0 Å². The fourth-order valence-corrected chi connectivity index (χ4v) is 2.19. The van der Waals surface area contributed by atoms with Crippen LogP contribution >= 0.6 is 15.9 Å². The number of carbonyl (C=O) groups excluding carboxylic acids is 1. The van der Waals surface area contributed by atoms with Crippen LogP contribution in [0.15, 0.2) is 47.2 Å². The van der Waals surface area contributed by atoms with Gasteiger partial charge in [-0.05, 0) is 39.7 Å². The number of hydrogen-bond donors (Lipinski definition) is 0. The number of benzene rings is 1. The van der Waals surface area contributed by atoms with Crippen LogP contribution in [-0.4, -0.2) is 10.8 Å². The zero-order valence-electron chi connectivity index (χ0n) is 9.73. The number of rotatable bonds is 3. The van der Waals surface area contributed by atoms with Gasteiger partial charge in [0, 0.05) is 23.9 Å². The van der Waals surface area contributed by atoms with Crippen LogP contribution in [-0.2, 0) is 0 Å². The molecule has 0 N–H and O–H groups in total. The van der Waals surface area contributed by atoms with Gasteiger partial charge in [0.2, 0.25) is 0 Å². The first-order chi connectivity index (χ1) is 8.61. The maximum atomic E-state index is 13.4. The normalized spacial score (nSPS) is 12.2. The Morgan fingerprint density at radius 2 is 1.94 bits per heavy atom.